The summed E-state index contributed by atoms with van der Waals surface area (Å²) in [6.45, 7) is 0.0513. The summed E-state index contributed by atoms with van der Waals surface area (Å²) >= 11 is 0. The van der Waals surface area contributed by atoms with Gasteiger partial charge in [0.05, 0.1) is 0 Å². The van der Waals surface area contributed by atoms with Gasteiger partial charge in [0.2, 0.25) is 0 Å². The summed E-state index contributed by atoms with van der Waals surface area (Å²) in [6.07, 6.45) is 1.71. The van der Waals surface area contributed by atoms with E-state index in [0.717, 1.165) is 10.9 Å². The summed E-state index contributed by atoms with van der Waals surface area (Å²) < 4.78 is 5.24. The van der Waals surface area contributed by atoms with E-state index in [9.17, 15) is 0 Å². The average Bonchev–Trinajstić information content (AvgIpc) is 2.26. The third-order valence-corrected chi connectivity index (χ3v) is 1.89. The molecule has 0 fully saturated rings. The van der Waals surface area contributed by atoms with Gasteiger partial charge in [-0.05, 0) is 12.1 Å². The Morgan fingerprint density at radius 2 is 2.14 bits per heavy atom. The predicted molar refractivity (Wildman–Crippen MR) is 52.9 cm³/mol. The molecule has 0 aliphatic carbocycles. The minimum absolute atomic E-state index is 0.0513. The van der Waals surface area contributed by atoms with E-state index in [4.69, 9.17) is 10.00 Å². The molecule has 0 N–H and O–H groups in total. The molecule has 1 aromatic carbocycles. The van der Waals surface area contributed by atoms with Gasteiger partial charge in [-0.3, -0.25) is 4.98 Å². The highest BCUT2D eigenvalue weighted by Gasteiger charge is 2.00. The van der Waals surface area contributed by atoms with Gasteiger partial charge in [0.15, 0.2) is 6.61 Å². The maximum absolute atomic E-state index is 8.40. The van der Waals surface area contributed by atoms with Crippen LogP contribution in [0.1, 0.15) is 0 Å². The second kappa shape index (κ2) is 3.75. The molecule has 1 heterocycles. The number of aromatic nitrogens is 1. The zero-order valence-corrected chi connectivity index (χ0v) is 7.47. The summed E-state index contributed by atoms with van der Waals surface area (Å²) in [5, 5.41) is 9.42. The Bertz CT molecular complexity index is 483. The predicted octanol–water partition coefficient (Wildman–Crippen LogP) is 2.14. The van der Waals surface area contributed by atoms with Gasteiger partial charge in [0.1, 0.15) is 17.3 Å². The van der Waals surface area contributed by atoms with Crippen LogP contribution in [0.15, 0.2) is 36.5 Å². The number of hydrogen-bond donors (Lipinski definition) is 0. The van der Waals surface area contributed by atoms with Crippen LogP contribution in [-0.4, -0.2) is 11.6 Å². The Morgan fingerprint density at radius 3 is 3.00 bits per heavy atom. The van der Waals surface area contributed by atoms with Crippen molar-refractivity contribution in [3.8, 4) is 11.8 Å². The zero-order chi connectivity index (χ0) is 9.80. The van der Waals surface area contributed by atoms with Crippen LogP contribution >= 0.6 is 0 Å². The second-order valence-corrected chi connectivity index (χ2v) is 2.78. The Balaban J connectivity index is 2.49. The molecule has 0 unspecified atom stereocenters. The Kier molecular flexibility index (Phi) is 2.28. The first-order chi connectivity index (χ1) is 6.92. The van der Waals surface area contributed by atoms with Crippen LogP contribution in [0.2, 0.25) is 0 Å². The standard InChI is InChI=1S/C11H8N2O/c12-6-8-14-10-5-1-3-9-4-2-7-13-11(9)10/h1-5,7H,8H2. The Morgan fingerprint density at radius 1 is 1.29 bits per heavy atom. The van der Waals surface area contributed by atoms with Crippen molar-refractivity contribution in [1.82, 2.24) is 4.98 Å². The normalized spacial score (nSPS) is 9.64. The molecule has 0 amide bonds. The van der Waals surface area contributed by atoms with Crippen LogP contribution in [0.4, 0.5) is 0 Å². The van der Waals surface area contributed by atoms with Crippen molar-refractivity contribution in [2.24, 2.45) is 0 Å². The molecule has 0 atom stereocenters. The molecule has 3 heteroatoms. The summed E-state index contributed by atoms with van der Waals surface area (Å²) in [5.41, 5.74) is 0.797. The first-order valence-electron chi connectivity index (χ1n) is 4.25. The van der Waals surface area contributed by atoms with E-state index in [1.165, 1.54) is 0 Å². The largest absolute Gasteiger partial charge is 0.476 e. The number of fused-ring (bicyclic) bond motifs is 1. The van der Waals surface area contributed by atoms with Crippen LogP contribution in [-0.2, 0) is 0 Å². The van der Waals surface area contributed by atoms with Crippen molar-refractivity contribution in [3.05, 3.63) is 36.5 Å². The number of pyridine rings is 1. The van der Waals surface area contributed by atoms with Gasteiger partial charge in [-0.1, -0.05) is 18.2 Å². The number of nitrogens with zero attached hydrogens (tertiary/aromatic N) is 2. The number of rotatable bonds is 2. The van der Waals surface area contributed by atoms with Crippen molar-refractivity contribution in [1.29, 1.82) is 5.26 Å². The zero-order valence-electron chi connectivity index (χ0n) is 7.47. The minimum atomic E-state index is 0.0513. The molecule has 3 nitrogen and oxygen atoms in total. The third kappa shape index (κ3) is 1.50. The van der Waals surface area contributed by atoms with Gasteiger partial charge in [-0.2, -0.15) is 5.26 Å². The van der Waals surface area contributed by atoms with Crippen LogP contribution in [0.25, 0.3) is 10.9 Å². The smallest absolute Gasteiger partial charge is 0.174 e. The van der Waals surface area contributed by atoms with Crippen molar-refractivity contribution in [2.75, 3.05) is 6.61 Å². The van der Waals surface area contributed by atoms with E-state index in [1.54, 1.807) is 6.20 Å². The summed E-state index contributed by atoms with van der Waals surface area (Å²) in [4.78, 5) is 4.20. The van der Waals surface area contributed by atoms with Crippen LogP contribution in [0, 0.1) is 11.3 Å². The third-order valence-electron chi connectivity index (χ3n) is 1.89. The maximum Gasteiger partial charge on any atom is 0.174 e. The highest BCUT2D eigenvalue weighted by molar-refractivity contribution is 5.84. The number of ether oxygens (including phenoxy) is 1. The van der Waals surface area contributed by atoms with E-state index in [-0.39, 0.29) is 6.61 Å². The van der Waals surface area contributed by atoms with E-state index < -0.39 is 0 Å². The first kappa shape index (κ1) is 8.52. The molecule has 0 spiro atoms. The maximum atomic E-state index is 8.40. The number of benzene rings is 1. The Hall–Kier alpha value is -2.08. The fourth-order valence-corrected chi connectivity index (χ4v) is 1.30. The molecule has 2 aromatic rings. The molecule has 2 rings (SSSR count). The molecular formula is C11H8N2O. The molecule has 1 aromatic heterocycles. The molecule has 0 saturated carbocycles. The summed E-state index contributed by atoms with van der Waals surface area (Å²) in [5.74, 6) is 0.657. The number of para-hydroxylation sites is 1. The fraction of sp³-hybridized carbons (Fsp3) is 0.0909. The molecular weight excluding hydrogens is 176 g/mol. The fourth-order valence-electron chi connectivity index (χ4n) is 1.30. The molecule has 0 aliphatic heterocycles. The quantitative estimate of drug-likeness (QED) is 0.718. The van der Waals surface area contributed by atoms with Gasteiger partial charge >= 0.3 is 0 Å². The van der Waals surface area contributed by atoms with Gasteiger partial charge in [-0.15, -0.1) is 0 Å². The lowest BCUT2D eigenvalue weighted by Gasteiger charge is -2.04. The highest BCUT2D eigenvalue weighted by Crippen LogP contribution is 2.22. The first-order valence-corrected chi connectivity index (χ1v) is 4.25. The molecule has 0 aliphatic rings. The highest BCUT2D eigenvalue weighted by atomic mass is 16.5. The second-order valence-electron chi connectivity index (χ2n) is 2.78. The molecule has 68 valence electrons. The van der Waals surface area contributed by atoms with Gasteiger partial charge in [0.25, 0.3) is 0 Å². The number of hydrogen-bond acceptors (Lipinski definition) is 3. The lowest BCUT2D eigenvalue weighted by molar-refractivity contribution is 0.372. The minimum Gasteiger partial charge on any atom is -0.476 e. The van der Waals surface area contributed by atoms with Gasteiger partial charge < -0.3 is 4.74 Å². The van der Waals surface area contributed by atoms with Crippen LogP contribution < -0.4 is 4.74 Å². The molecule has 0 radical (unpaired) electrons. The van der Waals surface area contributed by atoms with Crippen molar-refractivity contribution >= 4 is 10.9 Å². The van der Waals surface area contributed by atoms with E-state index >= 15 is 0 Å². The molecule has 14 heavy (non-hydrogen) atoms. The van der Waals surface area contributed by atoms with Gasteiger partial charge in [-0.25, -0.2) is 0 Å². The monoisotopic (exact) mass is 184 g/mol. The van der Waals surface area contributed by atoms with Crippen molar-refractivity contribution in [3.63, 3.8) is 0 Å². The lowest BCUT2D eigenvalue weighted by Crippen LogP contribution is -1.94. The lowest BCUT2D eigenvalue weighted by atomic mass is 10.2. The molecule has 0 bridgehead atoms. The molecule has 0 saturated heterocycles. The van der Waals surface area contributed by atoms with Crippen molar-refractivity contribution in [2.45, 2.75) is 0 Å². The van der Waals surface area contributed by atoms with E-state index in [2.05, 4.69) is 4.98 Å². The number of nitriles is 1. The van der Waals surface area contributed by atoms with E-state index in [1.807, 2.05) is 36.4 Å². The average molecular weight is 184 g/mol. The van der Waals surface area contributed by atoms with Crippen LogP contribution in [0.3, 0.4) is 0 Å². The van der Waals surface area contributed by atoms with Gasteiger partial charge in [0, 0.05) is 11.6 Å². The van der Waals surface area contributed by atoms with Crippen LogP contribution in [0.5, 0.6) is 5.75 Å². The topological polar surface area (TPSA) is 45.9 Å². The summed E-state index contributed by atoms with van der Waals surface area (Å²) in [6, 6.07) is 11.4. The Labute approximate surface area is 81.6 Å². The SMILES string of the molecule is N#CCOc1cccc2cccnc12. The van der Waals surface area contributed by atoms with E-state index in [0.29, 0.717) is 5.75 Å². The van der Waals surface area contributed by atoms with Crippen molar-refractivity contribution < 1.29 is 4.74 Å². The summed E-state index contributed by atoms with van der Waals surface area (Å²) in [7, 11) is 0.